The molecule has 2 aliphatic rings. The van der Waals surface area contributed by atoms with Crippen molar-refractivity contribution in [3.63, 3.8) is 0 Å². The van der Waals surface area contributed by atoms with Gasteiger partial charge in [-0.1, -0.05) is 0 Å². The van der Waals surface area contributed by atoms with Crippen molar-refractivity contribution in [2.24, 2.45) is 5.92 Å². The Kier molecular flexibility index (Phi) is 6.26. The Morgan fingerprint density at radius 3 is 2.25 bits per heavy atom. The lowest BCUT2D eigenvalue weighted by atomic mass is 10.1. The van der Waals surface area contributed by atoms with Gasteiger partial charge in [-0.05, 0) is 53.5 Å². The van der Waals surface area contributed by atoms with E-state index in [-0.39, 0.29) is 17.4 Å². The molecule has 0 aromatic carbocycles. The lowest BCUT2D eigenvalue weighted by molar-refractivity contribution is -0.134. The highest BCUT2D eigenvalue weighted by Gasteiger charge is 2.32. The molecule has 0 bridgehead atoms. The van der Waals surface area contributed by atoms with E-state index in [4.69, 9.17) is 0 Å². The molecule has 6 nitrogen and oxygen atoms in total. The third kappa shape index (κ3) is 6.06. The smallest absolute Gasteiger partial charge is 0.236 e. The highest BCUT2D eigenvalue weighted by atomic mass is 16.2. The number of nitrogens with zero attached hydrogens (tertiary/aromatic N) is 3. The fourth-order valence-corrected chi connectivity index (χ4v) is 3.21. The van der Waals surface area contributed by atoms with Crippen molar-refractivity contribution in [2.45, 2.75) is 52.1 Å². The number of amides is 2. The first-order chi connectivity index (χ1) is 11.2. The summed E-state index contributed by atoms with van der Waals surface area (Å²) in [5, 5.41) is 2.99. The maximum atomic E-state index is 12.5. The van der Waals surface area contributed by atoms with Gasteiger partial charge in [-0.2, -0.15) is 0 Å². The number of carbonyl (C=O) groups excluding carboxylic acids is 2. The fraction of sp³-hybridized carbons (Fsp3) is 0.889. The van der Waals surface area contributed by atoms with Crippen molar-refractivity contribution in [1.82, 2.24) is 20.0 Å². The molecule has 0 aromatic heterocycles. The predicted molar refractivity (Wildman–Crippen MR) is 95.7 cm³/mol. The zero-order chi connectivity index (χ0) is 17.9. The van der Waals surface area contributed by atoms with Crippen molar-refractivity contribution >= 4 is 11.8 Å². The van der Waals surface area contributed by atoms with E-state index >= 15 is 0 Å². The monoisotopic (exact) mass is 338 g/mol. The van der Waals surface area contributed by atoms with Gasteiger partial charge in [0.15, 0.2) is 0 Å². The summed E-state index contributed by atoms with van der Waals surface area (Å²) < 4.78 is 0. The lowest BCUT2D eigenvalue weighted by Crippen LogP contribution is -2.54. The molecule has 1 saturated heterocycles. The molecule has 1 N–H and O–H groups in total. The average Bonchev–Trinajstić information content (AvgIpc) is 3.29. The summed E-state index contributed by atoms with van der Waals surface area (Å²) in [6.07, 6.45) is 2.60. The topological polar surface area (TPSA) is 55.9 Å². The number of likely N-dealkylation sites (N-methyl/N-ethyl adjacent to an activating group) is 1. The Balaban J connectivity index is 1.69. The third-order valence-electron chi connectivity index (χ3n) is 4.99. The molecule has 2 amide bonds. The minimum atomic E-state index is -0.197. The van der Waals surface area contributed by atoms with Crippen LogP contribution in [0.25, 0.3) is 0 Å². The van der Waals surface area contributed by atoms with E-state index in [2.05, 4.69) is 22.0 Å². The van der Waals surface area contributed by atoms with Crippen molar-refractivity contribution in [3.8, 4) is 0 Å². The second-order valence-electron chi connectivity index (χ2n) is 8.45. The van der Waals surface area contributed by atoms with Gasteiger partial charge in [-0.3, -0.25) is 19.4 Å². The lowest BCUT2D eigenvalue weighted by Gasteiger charge is -2.36. The zero-order valence-corrected chi connectivity index (χ0v) is 16.0. The van der Waals surface area contributed by atoms with E-state index in [0.29, 0.717) is 32.2 Å². The van der Waals surface area contributed by atoms with Crippen LogP contribution in [0.15, 0.2) is 0 Å². The standard InChI is InChI=1S/C18H34N4O2/c1-14(15-6-7-15)20(5)13-17(24)22-10-8-21(9-11-22)12-16(23)19-18(2,3)4/h14-15H,6-13H2,1-5H3,(H,19,23). The molecule has 1 atom stereocenters. The van der Waals surface area contributed by atoms with Crippen molar-refractivity contribution in [1.29, 1.82) is 0 Å². The summed E-state index contributed by atoms with van der Waals surface area (Å²) in [6.45, 7) is 12.1. The molecule has 1 unspecified atom stereocenters. The van der Waals surface area contributed by atoms with Crippen LogP contribution in [-0.4, -0.2) is 84.4 Å². The van der Waals surface area contributed by atoms with Crippen LogP contribution >= 0.6 is 0 Å². The first-order valence-corrected chi connectivity index (χ1v) is 9.17. The molecule has 0 radical (unpaired) electrons. The summed E-state index contributed by atoms with van der Waals surface area (Å²) in [5.41, 5.74) is -0.197. The molecule has 0 aromatic rings. The number of carbonyl (C=O) groups is 2. The second kappa shape index (κ2) is 7.83. The van der Waals surface area contributed by atoms with E-state index in [0.717, 1.165) is 19.0 Å². The maximum Gasteiger partial charge on any atom is 0.236 e. The van der Waals surface area contributed by atoms with Gasteiger partial charge >= 0.3 is 0 Å². The van der Waals surface area contributed by atoms with E-state index in [9.17, 15) is 9.59 Å². The summed E-state index contributed by atoms with van der Waals surface area (Å²) in [6, 6.07) is 0.497. The van der Waals surface area contributed by atoms with E-state index in [1.807, 2.05) is 32.7 Å². The number of hydrogen-bond donors (Lipinski definition) is 1. The minimum Gasteiger partial charge on any atom is -0.350 e. The van der Waals surface area contributed by atoms with Gasteiger partial charge in [-0.15, -0.1) is 0 Å². The molecule has 2 fully saturated rings. The van der Waals surface area contributed by atoms with Gasteiger partial charge in [-0.25, -0.2) is 0 Å². The molecule has 0 spiro atoms. The number of piperazine rings is 1. The van der Waals surface area contributed by atoms with Gasteiger partial charge in [0.1, 0.15) is 0 Å². The van der Waals surface area contributed by atoms with Crippen LogP contribution < -0.4 is 5.32 Å². The number of rotatable bonds is 6. The van der Waals surface area contributed by atoms with Crippen LogP contribution in [0.2, 0.25) is 0 Å². The normalized spacial score (nSPS) is 21.0. The van der Waals surface area contributed by atoms with Crippen LogP contribution in [-0.2, 0) is 9.59 Å². The SMILES string of the molecule is CC(C1CC1)N(C)CC(=O)N1CCN(CC(=O)NC(C)(C)C)CC1. The molecule has 2 rings (SSSR count). The maximum absolute atomic E-state index is 12.5. The Hall–Kier alpha value is -1.14. The fourth-order valence-electron chi connectivity index (χ4n) is 3.21. The van der Waals surface area contributed by atoms with Gasteiger partial charge < -0.3 is 10.2 Å². The van der Waals surface area contributed by atoms with Gasteiger partial charge in [0.25, 0.3) is 0 Å². The Bertz CT molecular complexity index is 448. The van der Waals surface area contributed by atoms with Crippen LogP contribution in [0.1, 0.15) is 40.5 Å². The third-order valence-corrected chi connectivity index (χ3v) is 4.99. The van der Waals surface area contributed by atoms with E-state index in [1.165, 1.54) is 12.8 Å². The molecular weight excluding hydrogens is 304 g/mol. The van der Waals surface area contributed by atoms with Gasteiger partial charge in [0, 0.05) is 37.8 Å². The molecule has 1 aliphatic heterocycles. The first-order valence-electron chi connectivity index (χ1n) is 9.17. The van der Waals surface area contributed by atoms with Crippen LogP contribution in [0.3, 0.4) is 0 Å². The van der Waals surface area contributed by atoms with Crippen LogP contribution in [0, 0.1) is 5.92 Å². The molecule has 138 valence electrons. The van der Waals surface area contributed by atoms with E-state index < -0.39 is 0 Å². The highest BCUT2D eigenvalue weighted by Crippen LogP contribution is 2.34. The second-order valence-corrected chi connectivity index (χ2v) is 8.45. The van der Waals surface area contributed by atoms with Gasteiger partial charge in [0.2, 0.25) is 11.8 Å². The largest absolute Gasteiger partial charge is 0.350 e. The number of nitrogens with one attached hydrogen (secondary N) is 1. The minimum absolute atomic E-state index is 0.0558. The molecule has 6 heteroatoms. The highest BCUT2D eigenvalue weighted by molar-refractivity contribution is 5.79. The van der Waals surface area contributed by atoms with Gasteiger partial charge in [0.05, 0.1) is 13.1 Å². The summed E-state index contributed by atoms with van der Waals surface area (Å²) >= 11 is 0. The number of hydrogen-bond acceptors (Lipinski definition) is 4. The Morgan fingerprint density at radius 2 is 1.75 bits per heavy atom. The zero-order valence-electron chi connectivity index (χ0n) is 16.0. The first kappa shape index (κ1) is 19.2. The molecule has 1 saturated carbocycles. The van der Waals surface area contributed by atoms with Crippen LogP contribution in [0.4, 0.5) is 0 Å². The molecule has 1 heterocycles. The van der Waals surface area contributed by atoms with E-state index in [1.54, 1.807) is 0 Å². The van der Waals surface area contributed by atoms with Crippen LogP contribution in [0.5, 0.6) is 0 Å². The quantitative estimate of drug-likeness (QED) is 0.777. The van der Waals surface area contributed by atoms with Crippen molar-refractivity contribution < 1.29 is 9.59 Å². The average molecular weight is 338 g/mol. The van der Waals surface area contributed by atoms with Crippen molar-refractivity contribution in [3.05, 3.63) is 0 Å². The summed E-state index contributed by atoms with van der Waals surface area (Å²) in [5.74, 6) is 1.05. The summed E-state index contributed by atoms with van der Waals surface area (Å²) in [4.78, 5) is 30.7. The molecule has 24 heavy (non-hydrogen) atoms. The molecule has 1 aliphatic carbocycles. The Morgan fingerprint density at radius 1 is 1.17 bits per heavy atom. The van der Waals surface area contributed by atoms with Crippen molar-refractivity contribution in [2.75, 3.05) is 46.3 Å². The molecular formula is C18H34N4O2. The Labute approximate surface area is 146 Å². The summed E-state index contributed by atoms with van der Waals surface area (Å²) in [7, 11) is 2.05. The predicted octanol–water partition coefficient (Wildman–Crippen LogP) is 0.776.